The molecule has 1 heterocycles. The van der Waals surface area contributed by atoms with E-state index in [9.17, 15) is 14.3 Å². The summed E-state index contributed by atoms with van der Waals surface area (Å²) in [5.74, 6) is -0.0459. The van der Waals surface area contributed by atoms with Crippen molar-refractivity contribution in [3.63, 3.8) is 0 Å². The molecule has 0 unspecified atom stereocenters. The molecule has 0 saturated heterocycles. The third kappa shape index (κ3) is 4.46. The van der Waals surface area contributed by atoms with Gasteiger partial charge in [-0.2, -0.15) is 0 Å². The molecule has 0 spiro atoms. The molecule has 1 N–H and O–H groups in total. The highest BCUT2D eigenvalue weighted by Gasteiger charge is 2.12. The zero-order chi connectivity index (χ0) is 19.4. The summed E-state index contributed by atoms with van der Waals surface area (Å²) in [5, 5.41) is 10.8. The van der Waals surface area contributed by atoms with Gasteiger partial charge in [0.15, 0.2) is 11.6 Å². The third-order valence-corrected chi connectivity index (χ3v) is 4.42. The highest BCUT2D eigenvalue weighted by molar-refractivity contribution is 5.82. The lowest BCUT2D eigenvalue weighted by Crippen LogP contribution is -2.24. The van der Waals surface area contributed by atoms with Crippen LogP contribution < -0.4 is 10.4 Å². The van der Waals surface area contributed by atoms with Gasteiger partial charge < -0.3 is 14.3 Å². The summed E-state index contributed by atoms with van der Waals surface area (Å²) in [7, 11) is 1.90. The second-order valence-electron chi connectivity index (χ2n) is 6.44. The van der Waals surface area contributed by atoms with E-state index in [4.69, 9.17) is 9.15 Å². The Morgan fingerprint density at radius 1 is 1.19 bits per heavy atom. The van der Waals surface area contributed by atoms with Gasteiger partial charge in [0.25, 0.3) is 0 Å². The fourth-order valence-electron chi connectivity index (χ4n) is 2.96. The number of aromatic hydroxyl groups is 1. The molecule has 0 amide bonds. The SMILES string of the molecule is CCc1cc2c(CN(C)CCOc3ccccc3F)cc(=O)oc2cc1O. The van der Waals surface area contributed by atoms with Gasteiger partial charge in [0.1, 0.15) is 17.9 Å². The quantitative estimate of drug-likeness (QED) is 0.642. The van der Waals surface area contributed by atoms with Crippen molar-refractivity contribution in [2.75, 3.05) is 20.2 Å². The number of aryl methyl sites for hydroxylation is 1. The van der Waals surface area contributed by atoms with Gasteiger partial charge in [-0.3, -0.25) is 4.90 Å². The molecule has 0 saturated carbocycles. The summed E-state index contributed by atoms with van der Waals surface area (Å²) in [5.41, 5.74) is 1.51. The molecule has 0 aliphatic heterocycles. The number of rotatable bonds is 7. The molecule has 0 aliphatic carbocycles. The predicted molar refractivity (Wildman–Crippen MR) is 102 cm³/mol. The number of hydrogen-bond acceptors (Lipinski definition) is 5. The largest absolute Gasteiger partial charge is 0.508 e. The molecule has 3 aromatic rings. The van der Waals surface area contributed by atoms with Crippen molar-refractivity contribution < 1.29 is 18.7 Å². The van der Waals surface area contributed by atoms with Crippen molar-refractivity contribution in [1.29, 1.82) is 0 Å². The molecule has 0 bridgehead atoms. The number of phenols is 1. The lowest BCUT2D eigenvalue weighted by atomic mass is 10.0. The standard InChI is InChI=1S/C21H22FNO4/c1-3-14-10-16-15(11-21(25)27-20(16)12-18(14)24)13-23(2)8-9-26-19-7-5-4-6-17(19)22/h4-7,10-12,24H,3,8-9,13H2,1-2H3. The zero-order valence-corrected chi connectivity index (χ0v) is 15.4. The first-order chi connectivity index (χ1) is 13.0. The Morgan fingerprint density at radius 3 is 2.70 bits per heavy atom. The monoisotopic (exact) mass is 371 g/mol. The minimum Gasteiger partial charge on any atom is -0.508 e. The van der Waals surface area contributed by atoms with Gasteiger partial charge >= 0.3 is 5.63 Å². The van der Waals surface area contributed by atoms with E-state index in [2.05, 4.69) is 0 Å². The van der Waals surface area contributed by atoms with Crippen LogP contribution in [0.4, 0.5) is 4.39 Å². The fourth-order valence-corrected chi connectivity index (χ4v) is 2.96. The van der Waals surface area contributed by atoms with Crippen molar-refractivity contribution in [3.05, 3.63) is 69.8 Å². The van der Waals surface area contributed by atoms with E-state index in [0.717, 1.165) is 16.5 Å². The second-order valence-corrected chi connectivity index (χ2v) is 6.44. The lowest BCUT2D eigenvalue weighted by molar-refractivity contribution is 0.227. The number of ether oxygens (including phenoxy) is 1. The van der Waals surface area contributed by atoms with Crippen LogP contribution in [-0.2, 0) is 13.0 Å². The molecule has 142 valence electrons. The normalized spacial score (nSPS) is 11.3. The van der Waals surface area contributed by atoms with Gasteiger partial charge in [-0.25, -0.2) is 9.18 Å². The molecule has 6 heteroatoms. The van der Waals surface area contributed by atoms with Gasteiger partial charge in [0.05, 0.1) is 0 Å². The summed E-state index contributed by atoms with van der Waals surface area (Å²) >= 11 is 0. The van der Waals surface area contributed by atoms with E-state index in [-0.39, 0.29) is 11.5 Å². The molecule has 2 aromatic carbocycles. The minimum absolute atomic E-state index is 0.122. The van der Waals surface area contributed by atoms with Gasteiger partial charge in [0.2, 0.25) is 0 Å². The number of para-hydroxylation sites is 1. The van der Waals surface area contributed by atoms with E-state index < -0.39 is 11.4 Å². The summed E-state index contributed by atoms with van der Waals surface area (Å²) in [6, 6.07) is 11.1. The summed E-state index contributed by atoms with van der Waals surface area (Å²) in [4.78, 5) is 13.8. The molecule has 0 atom stereocenters. The maximum atomic E-state index is 13.6. The van der Waals surface area contributed by atoms with Gasteiger partial charge in [-0.1, -0.05) is 19.1 Å². The summed E-state index contributed by atoms with van der Waals surface area (Å²) in [6.07, 6.45) is 0.673. The first-order valence-electron chi connectivity index (χ1n) is 8.82. The Morgan fingerprint density at radius 2 is 1.96 bits per heavy atom. The van der Waals surface area contributed by atoms with Crippen LogP contribution in [0.2, 0.25) is 0 Å². The van der Waals surface area contributed by atoms with Crippen molar-refractivity contribution in [3.8, 4) is 11.5 Å². The van der Waals surface area contributed by atoms with Crippen molar-refractivity contribution in [2.24, 2.45) is 0 Å². The molecule has 5 nitrogen and oxygen atoms in total. The average molecular weight is 371 g/mol. The second kappa shape index (κ2) is 8.22. The van der Waals surface area contributed by atoms with Crippen LogP contribution in [0.1, 0.15) is 18.1 Å². The maximum Gasteiger partial charge on any atom is 0.336 e. The molecule has 1 aromatic heterocycles. The van der Waals surface area contributed by atoms with Crippen LogP contribution >= 0.6 is 0 Å². The number of likely N-dealkylation sites (N-methyl/N-ethyl adjacent to an activating group) is 1. The first kappa shape index (κ1) is 18.9. The van der Waals surface area contributed by atoms with Crippen molar-refractivity contribution >= 4 is 11.0 Å². The number of phenolic OH excluding ortho intramolecular Hbond substituents is 1. The Bertz CT molecular complexity index is 999. The number of nitrogens with zero attached hydrogens (tertiary/aromatic N) is 1. The Balaban J connectivity index is 1.73. The highest BCUT2D eigenvalue weighted by atomic mass is 19.1. The number of benzene rings is 2. The summed E-state index contributed by atoms with van der Waals surface area (Å²) in [6.45, 7) is 3.31. The number of fused-ring (bicyclic) bond motifs is 1. The molecule has 27 heavy (non-hydrogen) atoms. The van der Waals surface area contributed by atoms with Crippen molar-refractivity contribution in [2.45, 2.75) is 19.9 Å². The number of halogens is 1. The minimum atomic E-state index is -0.461. The Hall–Kier alpha value is -2.86. The van der Waals surface area contributed by atoms with Crippen LogP contribution in [0.5, 0.6) is 11.5 Å². The van der Waals surface area contributed by atoms with E-state index in [1.165, 1.54) is 18.2 Å². The van der Waals surface area contributed by atoms with Crippen LogP contribution in [0.3, 0.4) is 0 Å². The van der Waals surface area contributed by atoms with Crippen LogP contribution in [0.15, 0.2) is 51.7 Å². The molecule has 3 rings (SSSR count). The van der Waals surface area contributed by atoms with Crippen LogP contribution in [-0.4, -0.2) is 30.2 Å². The molecular weight excluding hydrogens is 349 g/mol. The molecule has 0 aliphatic rings. The van der Waals surface area contributed by atoms with Crippen molar-refractivity contribution in [1.82, 2.24) is 4.90 Å². The van der Waals surface area contributed by atoms with E-state index in [1.54, 1.807) is 18.2 Å². The zero-order valence-electron chi connectivity index (χ0n) is 15.4. The van der Waals surface area contributed by atoms with E-state index in [0.29, 0.717) is 31.7 Å². The van der Waals surface area contributed by atoms with E-state index in [1.807, 2.05) is 24.9 Å². The predicted octanol–water partition coefficient (Wildman–Crippen LogP) is 3.71. The molecular formula is C21H22FNO4. The smallest absolute Gasteiger partial charge is 0.336 e. The third-order valence-electron chi connectivity index (χ3n) is 4.42. The van der Waals surface area contributed by atoms with Gasteiger partial charge in [-0.05, 0) is 42.8 Å². The average Bonchev–Trinajstić information content (AvgIpc) is 2.62. The van der Waals surface area contributed by atoms with Gasteiger partial charge in [0, 0.05) is 30.6 Å². The lowest BCUT2D eigenvalue weighted by Gasteiger charge is -2.18. The molecule has 0 radical (unpaired) electrons. The van der Waals surface area contributed by atoms with Crippen LogP contribution in [0.25, 0.3) is 11.0 Å². The first-order valence-corrected chi connectivity index (χ1v) is 8.82. The summed E-state index contributed by atoms with van der Waals surface area (Å²) < 4.78 is 24.3. The fraction of sp³-hybridized carbons (Fsp3) is 0.286. The highest BCUT2D eigenvalue weighted by Crippen LogP contribution is 2.27. The van der Waals surface area contributed by atoms with Gasteiger partial charge in [-0.15, -0.1) is 0 Å². The number of hydrogen-bond donors (Lipinski definition) is 1. The topological polar surface area (TPSA) is 62.9 Å². The molecule has 0 fully saturated rings. The Kier molecular flexibility index (Phi) is 5.76. The Labute approximate surface area is 156 Å². The van der Waals surface area contributed by atoms with E-state index >= 15 is 0 Å². The maximum absolute atomic E-state index is 13.6. The van der Waals surface area contributed by atoms with Crippen LogP contribution in [0, 0.1) is 5.82 Å².